The maximum Gasteiger partial charge on any atom is 0.123 e. The van der Waals surface area contributed by atoms with Crippen LogP contribution in [-0.4, -0.2) is 24.5 Å². The lowest BCUT2D eigenvalue weighted by Gasteiger charge is -2.37. The molecule has 4 rings (SSSR count). The Morgan fingerprint density at radius 2 is 1.71 bits per heavy atom. The molecule has 0 amide bonds. The maximum atomic E-state index is 13.2. The van der Waals surface area contributed by atoms with Gasteiger partial charge in [0.2, 0.25) is 0 Å². The third kappa shape index (κ3) is 2.09. The van der Waals surface area contributed by atoms with Crippen LogP contribution in [0.1, 0.15) is 41.4 Å². The van der Waals surface area contributed by atoms with E-state index in [1.165, 1.54) is 29.7 Å². The van der Waals surface area contributed by atoms with Crippen LogP contribution in [-0.2, 0) is 0 Å². The highest BCUT2D eigenvalue weighted by Crippen LogP contribution is 2.47. The fourth-order valence-corrected chi connectivity index (χ4v) is 4.26. The monoisotopic (exact) mass is 281 g/mol. The molecule has 1 nitrogen and oxygen atoms in total. The zero-order valence-electron chi connectivity index (χ0n) is 12.3. The van der Waals surface area contributed by atoms with E-state index in [1.807, 2.05) is 12.1 Å². The van der Waals surface area contributed by atoms with Crippen molar-refractivity contribution in [3.63, 3.8) is 0 Å². The molecule has 0 aromatic heterocycles. The van der Waals surface area contributed by atoms with Crippen molar-refractivity contribution in [1.29, 1.82) is 0 Å². The van der Waals surface area contributed by atoms with E-state index in [9.17, 15) is 4.39 Å². The highest BCUT2D eigenvalue weighted by molar-refractivity contribution is 5.44. The van der Waals surface area contributed by atoms with Gasteiger partial charge < -0.3 is 4.90 Å². The first-order valence-electron chi connectivity index (χ1n) is 7.78. The quantitative estimate of drug-likeness (QED) is 0.759. The largest absolute Gasteiger partial charge is 0.303 e. The van der Waals surface area contributed by atoms with Gasteiger partial charge in [-0.05, 0) is 55.3 Å². The van der Waals surface area contributed by atoms with Gasteiger partial charge in [0.25, 0.3) is 0 Å². The lowest BCUT2D eigenvalue weighted by molar-refractivity contribution is 0.265. The molecule has 21 heavy (non-hydrogen) atoms. The molecule has 1 fully saturated rings. The fraction of sp³-hybridized carbons (Fsp3) is 0.368. The van der Waals surface area contributed by atoms with Gasteiger partial charge in [0, 0.05) is 17.9 Å². The zero-order valence-corrected chi connectivity index (χ0v) is 12.3. The summed E-state index contributed by atoms with van der Waals surface area (Å²) in [5.74, 6) is 0.908. The van der Waals surface area contributed by atoms with Crippen LogP contribution in [0.3, 0.4) is 0 Å². The highest BCUT2D eigenvalue weighted by atomic mass is 19.1. The molecular formula is C19H20FN. The first-order chi connectivity index (χ1) is 10.2. The summed E-state index contributed by atoms with van der Waals surface area (Å²) in [5, 5.41) is 0. The van der Waals surface area contributed by atoms with E-state index < -0.39 is 0 Å². The van der Waals surface area contributed by atoms with E-state index >= 15 is 0 Å². The first-order valence-corrected chi connectivity index (χ1v) is 7.78. The third-order valence-electron chi connectivity index (χ3n) is 5.34. The number of benzene rings is 2. The highest BCUT2D eigenvalue weighted by Gasteiger charge is 2.40. The van der Waals surface area contributed by atoms with Crippen LogP contribution in [0.4, 0.5) is 4.39 Å². The molecule has 2 heteroatoms. The van der Waals surface area contributed by atoms with Gasteiger partial charge in [0.05, 0.1) is 0 Å². The van der Waals surface area contributed by atoms with Gasteiger partial charge in [-0.2, -0.15) is 0 Å². The number of likely N-dealkylation sites (N-methyl/N-ethyl adjacent to an activating group) is 1. The second-order valence-corrected chi connectivity index (χ2v) is 6.41. The second-order valence-electron chi connectivity index (χ2n) is 6.41. The van der Waals surface area contributed by atoms with Gasteiger partial charge in [-0.1, -0.05) is 36.4 Å². The summed E-state index contributed by atoms with van der Waals surface area (Å²) in [5.41, 5.74) is 4.19. The molecule has 3 atom stereocenters. The Morgan fingerprint density at radius 1 is 1.00 bits per heavy atom. The van der Waals surface area contributed by atoms with Crippen LogP contribution in [0.15, 0.2) is 48.5 Å². The Hall–Kier alpha value is -1.67. The summed E-state index contributed by atoms with van der Waals surface area (Å²) in [4.78, 5) is 2.50. The van der Waals surface area contributed by atoms with Crippen LogP contribution in [0.25, 0.3) is 0 Å². The molecule has 108 valence electrons. The average molecular weight is 281 g/mol. The predicted molar refractivity (Wildman–Crippen MR) is 83.1 cm³/mol. The van der Waals surface area contributed by atoms with Gasteiger partial charge in [0.15, 0.2) is 0 Å². The lowest BCUT2D eigenvalue weighted by atomic mass is 9.71. The van der Waals surface area contributed by atoms with Crippen molar-refractivity contribution in [2.75, 3.05) is 13.6 Å². The molecule has 1 saturated heterocycles. The summed E-state index contributed by atoms with van der Waals surface area (Å²) in [6, 6.07) is 16.5. The lowest BCUT2D eigenvalue weighted by Crippen LogP contribution is -2.34. The van der Waals surface area contributed by atoms with E-state index in [0.717, 1.165) is 6.42 Å². The maximum absolute atomic E-state index is 13.2. The van der Waals surface area contributed by atoms with Crippen molar-refractivity contribution in [3.8, 4) is 0 Å². The van der Waals surface area contributed by atoms with Crippen molar-refractivity contribution < 1.29 is 4.39 Å². The number of hydrogen-bond acceptors (Lipinski definition) is 1. The number of likely N-dealkylation sites (tertiary alicyclic amines) is 1. The van der Waals surface area contributed by atoms with Crippen LogP contribution in [0, 0.1) is 5.82 Å². The molecule has 0 radical (unpaired) electrons. The minimum absolute atomic E-state index is 0.154. The van der Waals surface area contributed by atoms with E-state index in [-0.39, 0.29) is 5.82 Å². The van der Waals surface area contributed by atoms with Gasteiger partial charge in [-0.3, -0.25) is 0 Å². The van der Waals surface area contributed by atoms with Crippen molar-refractivity contribution in [1.82, 2.24) is 4.90 Å². The Kier molecular flexibility index (Phi) is 3.07. The van der Waals surface area contributed by atoms with Crippen LogP contribution in [0.5, 0.6) is 0 Å². The van der Waals surface area contributed by atoms with Crippen molar-refractivity contribution in [3.05, 3.63) is 71.0 Å². The molecule has 2 aromatic rings. The zero-order chi connectivity index (χ0) is 14.4. The van der Waals surface area contributed by atoms with E-state index in [0.29, 0.717) is 17.9 Å². The summed E-state index contributed by atoms with van der Waals surface area (Å²) >= 11 is 0. The Labute approximate surface area is 125 Å². The standard InChI is InChI=1S/C19H20FN/c1-21-11-10-17-15-4-2-3-5-16(15)18(12-19(17)21)13-6-8-14(20)9-7-13/h2-9,17-19H,10-12H2,1H3/t17-,18-,19-/m1/s1. The van der Waals surface area contributed by atoms with Gasteiger partial charge >= 0.3 is 0 Å². The Balaban J connectivity index is 1.81. The second kappa shape index (κ2) is 4.96. The number of nitrogens with zero attached hydrogens (tertiary/aromatic N) is 1. The molecule has 0 N–H and O–H groups in total. The minimum Gasteiger partial charge on any atom is -0.303 e. The smallest absolute Gasteiger partial charge is 0.123 e. The molecular weight excluding hydrogens is 261 g/mol. The number of hydrogen-bond donors (Lipinski definition) is 0. The molecule has 0 unspecified atom stereocenters. The SMILES string of the molecule is CN1CC[C@@H]2c3ccccc3[C@@H](c3ccc(F)cc3)C[C@H]21. The molecule has 2 aliphatic rings. The van der Waals surface area contributed by atoms with Gasteiger partial charge in [-0.15, -0.1) is 0 Å². The molecule has 0 bridgehead atoms. The summed E-state index contributed by atoms with van der Waals surface area (Å²) in [7, 11) is 2.24. The summed E-state index contributed by atoms with van der Waals surface area (Å²) in [6.07, 6.45) is 2.40. The predicted octanol–water partition coefficient (Wildman–Crippen LogP) is 4.15. The molecule has 1 aliphatic heterocycles. The minimum atomic E-state index is -0.154. The number of fused-ring (bicyclic) bond motifs is 3. The van der Waals surface area contributed by atoms with Crippen molar-refractivity contribution in [2.45, 2.75) is 30.7 Å². The van der Waals surface area contributed by atoms with Crippen LogP contribution < -0.4 is 0 Å². The first kappa shape index (κ1) is 13.0. The van der Waals surface area contributed by atoms with E-state index in [2.05, 4.69) is 36.2 Å². The molecule has 1 aliphatic carbocycles. The van der Waals surface area contributed by atoms with Gasteiger partial charge in [-0.25, -0.2) is 4.39 Å². The normalized spacial score (nSPS) is 28.2. The fourth-order valence-electron chi connectivity index (χ4n) is 4.26. The summed E-state index contributed by atoms with van der Waals surface area (Å²) in [6.45, 7) is 1.18. The molecule has 0 saturated carbocycles. The molecule has 1 heterocycles. The van der Waals surface area contributed by atoms with Crippen LogP contribution >= 0.6 is 0 Å². The Bertz CT molecular complexity index is 649. The van der Waals surface area contributed by atoms with Crippen LogP contribution in [0.2, 0.25) is 0 Å². The average Bonchev–Trinajstić information content (AvgIpc) is 2.89. The molecule has 0 spiro atoms. The third-order valence-corrected chi connectivity index (χ3v) is 5.34. The number of halogens is 1. The van der Waals surface area contributed by atoms with E-state index in [1.54, 1.807) is 12.1 Å². The van der Waals surface area contributed by atoms with Crippen molar-refractivity contribution >= 4 is 0 Å². The van der Waals surface area contributed by atoms with E-state index in [4.69, 9.17) is 0 Å². The number of rotatable bonds is 1. The topological polar surface area (TPSA) is 3.24 Å². The Morgan fingerprint density at radius 3 is 2.48 bits per heavy atom. The van der Waals surface area contributed by atoms with Gasteiger partial charge in [0.1, 0.15) is 5.82 Å². The molecule has 2 aromatic carbocycles. The summed E-state index contributed by atoms with van der Waals surface area (Å²) < 4.78 is 13.2. The van der Waals surface area contributed by atoms with Crippen molar-refractivity contribution in [2.24, 2.45) is 0 Å².